The SMILES string of the molecule is Fc1c(F)c(F)c([B-](c2c(F)c(F)c(F)c(F)c2F)(c2c(F)c(F)c(F)c(F)c2F)c2c(F)c(F)c(F)c(F)c2F)c(F)c1F.[N-]=[N+]=Nc1cccc(-c2cncc[n+]2Cc2ccccc2)c1. The molecule has 7 rings (SSSR count). The third-order valence-electron chi connectivity index (χ3n) is 10.0. The zero-order chi connectivity index (χ0) is 49.6. The molecule has 26 heteroatoms. The normalized spacial score (nSPS) is 11.3. The standard InChI is InChI=1S/C24BF20.C17H14N5/c26-5-1(6(27)14(35)21(42)13(5)34)25(2-7(28)15(36)22(43)16(37)8(2)29,3-9(30)17(38)23(44)18(39)10(3)31)4-11(32)19(40)24(45)20(41)12(4)33;18-21-20-16-8-4-7-15(11-16)17-12-19-9-10-22(17)13-14-5-2-1-3-6-14/h;1-12H,13H2/q-1;+1. The maximum absolute atomic E-state index is 15.4. The molecule has 0 aliphatic carbocycles. The molecule has 0 saturated heterocycles. The Kier molecular flexibility index (Phi) is 13.6. The minimum absolute atomic E-state index is 0.593. The highest BCUT2D eigenvalue weighted by Gasteiger charge is 2.52. The monoisotopic (exact) mass is 967 g/mol. The molecule has 0 spiro atoms. The lowest BCUT2D eigenvalue weighted by Gasteiger charge is -2.44. The molecule has 0 N–H and O–H groups in total. The number of nitrogens with zero attached hydrogens (tertiary/aromatic N) is 5. The van der Waals surface area contributed by atoms with E-state index in [4.69, 9.17) is 5.53 Å². The van der Waals surface area contributed by atoms with Gasteiger partial charge in [0, 0.05) is 21.7 Å². The van der Waals surface area contributed by atoms with Gasteiger partial charge in [-0.25, -0.2) is 87.8 Å². The summed E-state index contributed by atoms with van der Waals surface area (Å²) in [6.07, 6.45) is -1.68. The van der Waals surface area contributed by atoms with Crippen molar-refractivity contribution in [1.82, 2.24) is 4.98 Å². The summed E-state index contributed by atoms with van der Waals surface area (Å²) >= 11 is 0. The minimum Gasteiger partial charge on any atom is -0.252 e. The number of hydrogen-bond acceptors (Lipinski definition) is 2. The van der Waals surface area contributed by atoms with Crippen molar-refractivity contribution < 1.29 is 92.4 Å². The molecular formula is C41H14BF20N5. The number of aromatic nitrogens is 2. The first kappa shape index (κ1) is 48.8. The van der Waals surface area contributed by atoms with Gasteiger partial charge in [0.2, 0.25) is 5.69 Å². The van der Waals surface area contributed by atoms with Crippen LogP contribution in [0.5, 0.6) is 0 Å². The second kappa shape index (κ2) is 18.7. The first-order valence-corrected chi connectivity index (χ1v) is 17.8. The first-order valence-electron chi connectivity index (χ1n) is 17.8. The van der Waals surface area contributed by atoms with Crippen molar-refractivity contribution in [2.75, 3.05) is 0 Å². The maximum atomic E-state index is 15.4. The average molecular weight is 967 g/mol. The molecule has 1 heterocycles. The Balaban J connectivity index is 0.000000279. The summed E-state index contributed by atoms with van der Waals surface area (Å²) in [6.45, 7) is 0.754. The fraction of sp³-hybridized carbons (Fsp3) is 0.0244. The Morgan fingerprint density at radius 2 is 0.791 bits per heavy atom. The van der Waals surface area contributed by atoms with Crippen LogP contribution in [0.1, 0.15) is 5.56 Å². The fourth-order valence-corrected chi connectivity index (χ4v) is 7.20. The summed E-state index contributed by atoms with van der Waals surface area (Å²) in [6, 6.07) is 17.7. The molecule has 0 unspecified atom stereocenters. The summed E-state index contributed by atoms with van der Waals surface area (Å²) in [5.74, 6) is -71.4. The summed E-state index contributed by atoms with van der Waals surface area (Å²) in [7, 11) is 0. The topological polar surface area (TPSA) is 65.5 Å². The lowest BCUT2D eigenvalue weighted by Crippen LogP contribution is -2.81. The number of rotatable bonds is 8. The second-order valence-corrected chi connectivity index (χ2v) is 13.6. The highest BCUT2D eigenvalue weighted by atomic mass is 19.2. The number of hydrogen-bond donors (Lipinski definition) is 0. The van der Waals surface area contributed by atoms with Gasteiger partial charge in [0.15, 0.2) is 82.5 Å². The number of benzene rings is 6. The molecule has 0 radical (unpaired) electrons. The van der Waals surface area contributed by atoms with Crippen LogP contribution in [-0.2, 0) is 6.54 Å². The molecule has 0 aliphatic rings. The Hall–Kier alpha value is -7.63. The molecular weight excluding hydrogens is 953 g/mol. The quantitative estimate of drug-likeness (QED) is 0.0219. The van der Waals surface area contributed by atoms with E-state index in [-0.39, 0.29) is 0 Å². The van der Waals surface area contributed by atoms with Gasteiger partial charge in [-0.3, -0.25) is 4.98 Å². The molecule has 0 amide bonds. The van der Waals surface area contributed by atoms with Crippen molar-refractivity contribution in [3.8, 4) is 11.3 Å². The summed E-state index contributed by atoms with van der Waals surface area (Å²) in [5, 5.41) is 3.66. The van der Waals surface area contributed by atoms with Crippen LogP contribution in [0.3, 0.4) is 0 Å². The Morgan fingerprint density at radius 1 is 0.448 bits per heavy atom. The van der Waals surface area contributed by atoms with Crippen LogP contribution >= 0.6 is 0 Å². The van der Waals surface area contributed by atoms with E-state index in [1.165, 1.54) is 5.56 Å². The van der Waals surface area contributed by atoms with E-state index in [2.05, 4.69) is 31.7 Å². The van der Waals surface area contributed by atoms with Gasteiger partial charge in [0.1, 0.15) is 52.7 Å². The van der Waals surface area contributed by atoms with Crippen molar-refractivity contribution in [2.24, 2.45) is 5.11 Å². The highest BCUT2D eigenvalue weighted by molar-refractivity contribution is 7.20. The molecule has 0 bridgehead atoms. The Labute approximate surface area is 359 Å². The van der Waals surface area contributed by atoms with Gasteiger partial charge < -0.3 is 0 Å². The third-order valence-corrected chi connectivity index (χ3v) is 10.0. The molecule has 5 nitrogen and oxygen atoms in total. The molecule has 6 aromatic carbocycles. The molecule has 346 valence electrons. The third kappa shape index (κ3) is 7.99. The van der Waals surface area contributed by atoms with Crippen LogP contribution in [-0.4, -0.2) is 11.1 Å². The number of azide groups is 1. The predicted molar refractivity (Wildman–Crippen MR) is 193 cm³/mol. The molecule has 1 aromatic heterocycles. The van der Waals surface area contributed by atoms with Crippen LogP contribution in [0.4, 0.5) is 93.5 Å². The van der Waals surface area contributed by atoms with E-state index in [1.54, 1.807) is 12.3 Å². The van der Waals surface area contributed by atoms with Crippen molar-refractivity contribution in [1.29, 1.82) is 0 Å². The zero-order valence-corrected chi connectivity index (χ0v) is 32.0. The van der Waals surface area contributed by atoms with Gasteiger partial charge in [-0.15, -0.1) is 21.9 Å². The van der Waals surface area contributed by atoms with Crippen LogP contribution < -0.4 is 26.4 Å². The second-order valence-electron chi connectivity index (χ2n) is 13.6. The highest BCUT2D eigenvalue weighted by Crippen LogP contribution is 2.31. The van der Waals surface area contributed by atoms with Crippen LogP contribution in [0.2, 0.25) is 0 Å². The van der Waals surface area contributed by atoms with E-state index in [0.717, 1.165) is 17.8 Å². The molecule has 7 aromatic rings. The van der Waals surface area contributed by atoms with Crippen molar-refractivity contribution in [2.45, 2.75) is 6.54 Å². The van der Waals surface area contributed by atoms with Crippen LogP contribution in [0.15, 0.2) is 78.3 Å². The largest absolute Gasteiger partial charge is 0.252 e. The van der Waals surface area contributed by atoms with Crippen LogP contribution in [0.25, 0.3) is 21.7 Å². The van der Waals surface area contributed by atoms with Crippen molar-refractivity contribution in [3.05, 3.63) is 206 Å². The van der Waals surface area contributed by atoms with Crippen molar-refractivity contribution >= 4 is 33.7 Å². The lowest BCUT2D eigenvalue weighted by atomic mass is 9.12. The lowest BCUT2D eigenvalue weighted by molar-refractivity contribution is -0.678. The summed E-state index contributed by atoms with van der Waals surface area (Å²) in [5.41, 5.74) is -2.01. The Bertz CT molecular complexity index is 2800. The predicted octanol–water partition coefficient (Wildman–Crippen LogP) is 9.87. The summed E-state index contributed by atoms with van der Waals surface area (Å²) < 4.78 is 296. The van der Waals surface area contributed by atoms with Gasteiger partial charge in [0.05, 0.1) is 12.4 Å². The molecule has 0 saturated carbocycles. The average Bonchev–Trinajstić information content (AvgIpc) is 3.32. The first-order chi connectivity index (χ1) is 31.6. The molecule has 0 fully saturated rings. The zero-order valence-electron chi connectivity index (χ0n) is 32.0. The van der Waals surface area contributed by atoms with Gasteiger partial charge >= 0.3 is 0 Å². The van der Waals surface area contributed by atoms with E-state index in [1.807, 2.05) is 48.8 Å². The van der Waals surface area contributed by atoms with E-state index in [9.17, 15) is 52.7 Å². The van der Waals surface area contributed by atoms with Crippen LogP contribution in [0, 0.1) is 116 Å². The smallest absolute Gasteiger partial charge is 0.231 e. The van der Waals surface area contributed by atoms with Gasteiger partial charge in [-0.2, -0.15) is 4.57 Å². The molecule has 0 atom stereocenters. The van der Waals surface area contributed by atoms with E-state index >= 15 is 35.1 Å². The molecule has 67 heavy (non-hydrogen) atoms. The van der Waals surface area contributed by atoms with E-state index < -0.39 is 144 Å². The van der Waals surface area contributed by atoms with Gasteiger partial charge in [0.25, 0.3) is 0 Å². The Morgan fingerprint density at radius 3 is 1.13 bits per heavy atom. The van der Waals surface area contributed by atoms with Crippen molar-refractivity contribution in [3.63, 3.8) is 0 Å². The maximum Gasteiger partial charge on any atom is 0.231 e. The van der Waals surface area contributed by atoms with E-state index in [0.29, 0.717) is 5.69 Å². The number of halogens is 20. The van der Waals surface area contributed by atoms with Gasteiger partial charge in [-0.05, 0) is 17.7 Å². The summed E-state index contributed by atoms with van der Waals surface area (Å²) in [4.78, 5) is 7.05. The minimum atomic E-state index is -7.22. The fourth-order valence-electron chi connectivity index (χ4n) is 7.20. The van der Waals surface area contributed by atoms with Gasteiger partial charge in [-0.1, -0.05) is 47.6 Å². The molecule has 0 aliphatic heterocycles.